The van der Waals surface area contributed by atoms with Crippen molar-refractivity contribution in [2.45, 2.75) is 25.8 Å². The number of carbonyl (C=O) groups excluding carboxylic acids is 2. The van der Waals surface area contributed by atoms with Gasteiger partial charge in [-0.3, -0.25) is 19.4 Å². The topological polar surface area (TPSA) is 43.9 Å². The van der Waals surface area contributed by atoms with Crippen molar-refractivity contribution in [3.05, 3.63) is 58.6 Å². The number of hydrogen-bond acceptors (Lipinski definition) is 4. The summed E-state index contributed by atoms with van der Waals surface area (Å²) >= 11 is 5.97. The molecular weight excluding hydrogens is 374 g/mol. The number of carbonyl (C=O) groups is 2. The maximum absolute atomic E-state index is 12.4. The number of ketones is 1. The van der Waals surface area contributed by atoms with Crippen molar-refractivity contribution in [1.82, 2.24) is 4.90 Å². The molecule has 0 unspecified atom stereocenters. The zero-order valence-electron chi connectivity index (χ0n) is 16.0. The van der Waals surface area contributed by atoms with Crippen molar-refractivity contribution < 1.29 is 9.59 Å². The standard InChI is InChI=1S/C22H24ClN3O2/c1-24(14-16-5-8-18(9-6-16)25-11-3-2-4-12-25)15-26-20-10-7-17(23)13-19(20)21(27)22(26)28/h5-10,13H,2-4,11-12,14-15H2,1H3. The number of amides is 1. The summed E-state index contributed by atoms with van der Waals surface area (Å²) in [5.41, 5.74) is 3.47. The predicted molar refractivity (Wildman–Crippen MR) is 112 cm³/mol. The second-order valence-electron chi connectivity index (χ2n) is 7.59. The van der Waals surface area contributed by atoms with Gasteiger partial charge in [0.15, 0.2) is 0 Å². The number of rotatable bonds is 5. The van der Waals surface area contributed by atoms with Crippen molar-refractivity contribution >= 4 is 34.7 Å². The number of benzene rings is 2. The van der Waals surface area contributed by atoms with E-state index in [0.29, 0.717) is 29.5 Å². The number of Topliss-reactive ketones (excluding diaryl/α,β-unsaturated/α-hetero) is 1. The van der Waals surface area contributed by atoms with Crippen LogP contribution in [0.3, 0.4) is 0 Å². The second kappa shape index (κ2) is 7.94. The highest BCUT2D eigenvalue weighted by molar-refractivity contribution is 6.52. The molecule has 0 radical (unpaired) electrons. The molecule has 0 spiro atoms. The minimum absolute atomic E-state index is 0.354. The van der Waals surface area contributed by atoms with Crippen LogP contribution in [0.5, 0.6) is 0 Å². The van der Waals surface area contributed by atoms with Gasteiger partial charge in [0.25, 0.3) is 5.78 Å². The summed E-state index contributed by atoms with van der Waals surface area (Å²) in [5.74, 6) is -0.985. The van der Waals surface area contributed by atoms with Crippen molar-refractivity contribution in [2.24, 2.45) is 0 Å². The van der Waals surface area contributed by atoms with Crippen LogP contribution < -0.4 is 9.80 Å². The lowest BCUT2D eigenvalue weighted by Gasteiger charge is -2.29. The van der Waals surface area contributed by atoms with E-state index in [1.807, 2.05) is 11.9 Å². The lowest BCUT2D eigenvalue weighted by molar-refractivity contribution is -0.114. The Hall–Kier alpha value is -2.37. The Morgan fingerprint density at radius 1 is 1.00 bits per heavy atom. The number of nitrogens with zero attached hydrogens (tertiary/aromatic N) is 3. The fourth-order valence-corrected chi connectivity index (χ4v) is 4.15. The fraction of sp³-hybridized carbons (Fsp3) is 0.364. The van der Waals surface area contributed by atoms with E-state index in [2.05, 4.69) is 29.2 Å². The van der Waals surface area contributed by atoms with E-state index in [-0.39, 0.29) is 0 Å². The van der Waals surface area contributed by atoms with E-state index in [1.54, 1.807) is 18.2 Å². The highest BCUT2D eigenvalue weighted by Crippen LogP contribution is 2.31. The first-order valence-corrected chi connectivity index (χ1v) is 10.1. The molecular formula is C22H24ClN3O2. The molecule has 0 saturated carbocycles. The summed E-state index contributed by atoms with van der Waals surface area (Å²) < 4.78 is 0. The van der Waals surface area contributed by atoms with Crippen LogP contribution in [0, 0.1) is 0 Å². The molecule has 1 saturated heterocycles. The van der Waals surface area contributed by atoms with Gasteiger partial charge in [-0.05, 0) is 62.2 Å². The van der Waals surface area contributed by atoms with Gasteiger partial charge in [0.2, 0.25) is 0 Å². The van der Waals surface area contributed by atoms with E-state index < -0.39 is 11.7 Å². The molecule has 0 aliphatic carbocycles. The van der Waals surface area contributed by atoms with Crippen molar-refractivity contribution in [3.8, 4) is 0 Å². The zero-order valence-corrected chi connectivity index (χ0v) is 16.8. The minimum Gasteiger partial charge on any atom is -0.372 e. The van der Waals surface area contributed by atoms with Gasteiger partial charge in [0.05, 0.1) is 17.9 Å². The van der Waals surface area contributed by atoms with Crippen LogP contribution in [0.25, 0.3) is 0 Å². The van der Waals surface area contributed by atoms with E-state index in [4.69, 9.17) is 11.6 Å². The van der Waals surface area contributed by atoms with Crippen molar-refractivity contribution in [2.75, 3.05) is 36.6 Å². The lowest BCUT2D eigenvalue weighted by atomic mass is 10.1. The number of piperidine rings is 1. The summed E-state index contributed by atoms with van der Waals surface area (Å²) in [4.78, 5) is 30.6. The van der Waals surface area contributed by atoms with Gasteiger partial charge in [-0.25, -0.2) is 0 Å². The molecule has 2 heterocycles. The molecule has 5 nitrogen and oxygen atoms in total. The molecule has 146 valence electrons. The number of halogens is 1. The fourth-order valence-electron chi connectivity index (χ4n) is 3.98. The van der Waals surface area contributed by atoms with Crippen molar-refractivity contribution in [3.63, 3.8) is 0 Å². The molecule has 0 N–H and O–H groups in total. The Balaban J connectivity index is 1.41. The summed E-state index contributed by atoms with van der Waals surface area (Å²) in [5, 5.41) is 0.462. The monoisotopic (exact) mass is 397 g/mol. The van der Waals surface area contributed by atoms with Crippen LogP contribution in [0.2, 0.25) is 5.02 Å². The second-order valence-corrected chi connectivity index (χ2v) is 8.03. The van der Waals surface area contributed by atoms with E-state index in [1.165, 1.54) is 35.4 Å². The predicted octanol–water partition coefficient (Wildman–Crippen LogP) is 3.95. The zero-order chi connectivity index (χ0) is 19.7. The average Bonchev–Trinajstić information content (AvgIpc) is 2.93. The molecule has 0 bridgehead atoms. The van der Waals surface area contributed by atoms with Gasteiger partial charge in [-0.15, -0.1) is 0 Å². The van der Waals surface area contributed by atoms with Gasteiger partial charge < -0.3 is 4.90 Å². The summed E-state index contributed by atoms with van der Waals surface area (Å²) in [6.45, 7) is 3.32. The Morgan fingerprint density at radius 2 is 1.71 bits per heavy atom. The van der Waals surface area contributed by atoms with Gasteiger partial charge in [0.1, 0.15) is 0 Å². The quantitative estimate of drug-likeness (QED) is 0.716. The minimum atomic E-state index is -0.496. The summed E-state index contributed by atoms with van der Waals surface area (Å²) in [6, 6.07) is 13.7. The highest BCUT2D eigenvalue weighted by atomic mass is 35.5. The molecule has 1 fully saturated rings. The average molecular weight is 398 g/mol. The maximum Gasteiger partial charge on any atom is 0.300 e. The normalized spacial score (nSPS) is 16.8. The Labute approximate surface area is 170 Å². The molecule has 6 heteroatoms. The van der Waals surface area contributed by atoms with Gasteiger partial charge in [-0.1, -0.05) is 23.7 Å². The van der Waals surface area contributed by atoms with Crippen molar-refractivity contribution in [1.29, 1.82) is 0 Å². The van der Waals surface area contributed by atoms with Gasteiger partial charge >= 0.3 is 5.91 Å². The number of fused-ring (bicyclic) bond motifs is 1. The molecule has 2 aromatic carbocycles. The Morgan fingerprint density at radius 3 is 2.43 bits per heavy atom. The largest absolute Gasteiger partial charge is 0.372 e. The lowest BCUT2D eigenvalue weighted by Crippen LogP contribution is -2.38. The van der Waals surface area contributed by atoms with Crippen LogP contribution in [-0.2, 0) is 11.3 Å². The highest BCUT2D eigenvalue weighted by Gasteiger charge is 2.36. The molecule has 2 aliphatic heterocycles. The smallest absolute Gasteiger partial charge is 0.300 e. The van der Waals surface area contributed by atoms with Gasteiger partial charge in [0, 0.05) is 30.3 Å². The third kappa shape index (κ3) is 3.77. The van der Waals surface area contributed by atoms with E-state index in [9.17, 15) is 9.59 Å². The van der Waals surface area contributed by atoms with Crippen LogP contribution in [-0.4, -0.2) is 43.4 Å². The van der Waals surface area contributed by atoms with Crippen LogP contribution in [0.1, 0.15) is 35.2 Å². The molecule has 2 aromatic rings. The molecule has 4 rings (SSSR count). The van der Waals surface area contributed by atoms with E-state index in [0.717, 1.165) is 13.1 Å². The summed E-state index contributed by atoms with van der Waals surface area (Å²) in [6.07, 6.45) is 3.85. The molecule has 2 aliphatic rings. The Kier molecular flexibility index (Phi) is 5.38. The van der Waals surface area contributed by atoms with Crippen LogP contribution >= 0.6 is 11.6 Å². The molecule has 0 atom stereocenters. The first kappa shape index (κ1) is 19.0. The SMILES string of the molecule is CN(Cc1ccc(N2CCCCC2)cc1)CN1C(=O)C(=O)c2cc(Cl)ccc21. The summed E-state index contributed by atoms with van der Waals surface area (Å²) in [7, 11) is 1.95. The molecule has 1 amide bonds. The number of hydrogen-bond donors (Lipinski definition) is 0. The maximum atomic E-state index is 12.4. The van der Waals surface area contributed by atoms with E-state index >= 15 is 0 Å². The first-order chi connectivity index (χ1) is 13.5. The van der Waals surface area contributed by atoms with Gasteiger partial charge in [-0.2, -0.15) is 0 Å². The molecule has 28 heavy (non-hydrogen) atoms. The molecule has 0 aromatic heterocycles. The Bertz CT molecular complexity index is 891. The van der Waals surface area contributed by atoms with Crippen LogP contribution in [0.4, 0.5) is 11.4 Å². The third-order valence-corrected chi connectivity index (χ3v) is 5.66. The first-order valence-electron chi connectivity index (χ1n) is 9.71. The van der Waals surface area contributed by atoms with Crippen LogP contribution in [0.15, 0.2) is 42.5 Å². The number of anilines is 2. The third-order valence-electron chi connectivity index (χ3n) is 5.43.